The Bertz CT molecular complexity index is 850. The molecule has 1 saturated heterocycles. The molecule has 2 aromatic rings. The maximum atomic E-state index is 12.4. The van der Waals surface area contributed by atoms with E-state index in [0.29, 0.717) is 30.8 Å². The average Bonchev–Trinajstić information content (AvgIpc) is 2.99. The number of carbonyl (C=O) groups is 1. The number of rotatable bonds is 5. The number of amides is 1. The Kier molecular flexibility index (Phi) is 5.08. The van der Waals surface area contributed by atoms with Gasteiger partial charge in [0.2, 0.25) is 10.0 Å². The molecule has 1 amide bonds. The second-order valence-electron chi connectivity index (χ2n) is 6.31. The highest BCUT2D eigenvalue weighted by molar-refractivity contribution is 7.93. The summed E-state index contributed by atoms with van der Waals surface area (Å²) in [5.74, 6) is 0.173. The third kappa shape index (κ3) is 4.02. The summed E-state index contributed by atoms with van der Waals surface area (Å²) in [5.41, 5.74) is 2.20. The lowest BCUT2D eigenvalue weighted by Crippen LogP contribution is -2.28. The molecular formula is C19H22N2O3S. The summed E-state index contributed by atoms with van der Waals surface area (Å²) in [5, 5.41) is 2.93. The maximum Gasteiger partial charge on any atom is 0.251 e. The van der Waals surface area contributed by atoms with Crippen LogP contribution in [0, 0.1) is 0 Å². The van der Waals surface area contributed by atoms with Gasteiger partial charge in [-0.25, -0.2) is 8.42 Å². The Morgan fingerprint density at radius 2 is 1.92 bits per heavy atom. The lowest BCUT2D eigenvalue weighted by atomic mass is 10.0. The van der Waals surface area contributed by atoms with Crippen LogP contribution in [0.5, 0.6) is 0 Å². The van der Waals surface area contributed by atoms with E-state index >= 15 is 0 Å². The summed E-state index contributed by atoms with van der Waals surface area (Å²) in [4.78, 5) is 12.4. The topological polar surface area (TPSA) is 66.5 Å². The Labute approximate surface area is 148 Å². The lowest BCUT2D eigenvalue weighted by Gasteiger charge is -2.18. The van der Waals surface area contributed by atoms with Crippen LogP contribution in [-0.2, 0) is 10.0 Å². The van der Waals surface area contributed by atoms with Gasteiger partial charge in [0, 0.05) is 18.7 Å². The molecule has 25 heavy (non-hydrogen) atoms. The van der Waals surface area contributed by atoms with Gasteiger partial charge in [-0.1, -0.05) is 43.3 Å². The highest BCUT2D eigenvalue weighted by Crippen LogP contribution is 2.24. The standard InChI is InChI=1S/C19H22N2O3S/c1-15(16-7-3-2-4-8-16)14-20-19(22)17-9-5-10-18(13-17)21-11-6-12-25(21,23)24/h2-5,7-10,13,15H,6,11-12,14H2,1H3,(H,20,22). The van der Waals surface area contributed by atoms with Crippen LogP contribution in [0.25, 0.3) is 0 Å². The fourth-order valence-corrected chi connectivity index (χ4v) is 4.54. The van der Waals surface area contributed by atoms with Crippen molar-refractivity contribution in [2.75, 3.05) is 23.1 Å². The van der Waals surface area contributed by atoms with Crippen molar-refractivity contribution in [1.29, 1.82) is 0 Å². The first-order valence-electron chi connectivity index (χ1n) is 8.41. The van der Waals surface area contributed by atoms with Crippen molar-refractivity contribution in [1.82, 2.24) is 5.32 Å². The molecule has 1 N–H and O–H groups in total. The van der Waals surface area contributed by atoms with E-state index < -0.39 is 10.0 Å². The number of hydrogen-bond acceptors (Lipinski definition) is 3. The van der Waals surface area contributed by atoms with E-state index in [1.807, 2.05) is 30.3 Å². The Morgan fingerprint density at radius 1 is 1.16 bits per heavy atom. The second-order valence-corrected chi connectivity index (χ2v) is 8.33. The van der Waals surface area contributed by atoms with Crippen molar-refractivity contribution in [3.8, 4) is 0 Å². The van der Waals surface area contributed by atoms with Gasteiger partial charge in [0.1, 0.15) is 0 Å². The molecule has 0 bridgehead atoms. The van der Waals surface area contributed by atoms with Gasteiger partial charge in [-0.2, -0.15) is 0 Å². The summed E-state index contributed by atoms with van der Waals surface area (Å²) >= 11 is 0. The molecular weight excluding hydrogens is 336 g/mol. The highest BCUT2D eigenvalue weighted by atomic mass is 32.2. The van der Waals surface area contributed by atoms with Crippen LogP contribution in [0.2, 0.25) is 0 Å². The van der Waals surface area contributed by atoms with Crippen LogP contribution < -0.4 is 9.62 Å². The van der Waals surface area contributed by atoms with Gasteiger partial charge in [-0.05, 0) is 36.1 Å². The fraction of sp³-hybridized carbons (Fsp3) is 0.316. The largest absolute Gasteiger partial charge is 0.351 e. The summed E-state index contributed by atoms with van der Waals surface area (Å²) in [6, 6.07) is 16.8. The zero-order valence-corrected chi connectivity index (χ0v) is 15.0. The predicted octanol–water partition coefficient (Wildman–Crippen LogP) is 2.76. The summed E-state index contributed by atoms with van der Waals surface area (Å²) < 4.78 is 25.5. The number of sulfonamides is 1. The molecule has 0 radical (unpaired) electrons. The van der Waals surface area contributed by atoms with Crippen LogP contribution in [-0.4, -0.2) is 33.2 Å². The Balaban J connectivity index is 1.68. The van der Waals surface area contributed by atoms with E-state index in [4.69, 9.17) is 0 Å². The highest BCUT2D eigenvalue weighted by Gasteiger charge is 2.28. The fourth-order valence-electron chi connectivity index (χ4n) is 2.98. The Morgan fingerprint density at radius 3 is 2.60 bits per heavy atom. The van der Waals surface area contributed by atoms with Crippen molar-refractivity contribution in [3.63, 3.8) is 0 Å². The van der Waals surface area contributed by atoms with Gasteiger partial charge < -0.3 is 5.32 Å². The number of carbonyl (C=O) groups excluding carboxylic acids is 1. The molecule has 0 aromatic heterocycles. The van der Waals surface area contributed by atoms with Gasteiger partial charge >= 0.3 is 0 Å². The molecule has 1 unspecified atom stereocenters. The smallest absolute Gasteiger partial charge is 0.251 e. The zero-order chi connectivity index (χ0) is 17.9. The van der Waals surface area contributed by atoms with Crippen molar-refractivity contribution in [3.05, 3.63) is 65.7 Å². The molecule has 132 valence electrons. The normalized spacial score (nSPS) is 17.2. The number of nitrogens with one attached hydrogen (secondary N) is 1. The minimum absolute atomic E-state index is 0.165. The van der Waals surface area contributed by atoms with Crippen LogP contribution in [0.15, 0.2) is 54.6 Å². The molecule has 0 spiro atoms. The minimum atomic E-state index is -3.24. The van der Waals surface area contributed by atoms with Gasteiger partial charge in [0.25, 0.3) is 5.91 Å². The molecule has 1 atom stereocenters. The first kappa shape index (κ1) is 17.5. The monoisotopic (exact) mass is 358 g/mol. The third-order valence-electron chi connectivity index (χ3n) is 4.43. The molecule has 0 aliphatic carbocycles. The molecule has 3 rings (SSSR count). The van der Waals surface area contributed by atoms with Crippen LogP contribution in [0.1, 0.15) is 35.2 Å². The number of benzene rings is 2. The third-order valence-corrected chi connectivity index (χ3v) is 6.30. The first-order chi connectivity index (χ1) is 12.0. The van der Waals surface area contributed by atoms with Crippen molar-refractivity contribution in [2.45, 2.75) is 19.3 Å². The molecule has 0 saturated carbocycles. The molecule has 1 aliphatic rings. The SMILES string of the molecule is CC(CNC(=O)c1cccc(N2CCCS2(=O)=O)c1)c1ccccc1. The van der Waals surface area contributed by atoms with Gasteiger partial charge in [-0.15, -0.1) is 0 Å². The first-order valence-corrected chi connectivity index (χ1v) is 10.0. The zero-order valence-electron chi connectivity index (χ0n) is 14.2. The lowest BCUT2D eigenvalue weighted by molar-refractivity contribution is 0.0951. The van der Waals surface area contributed by atoms with Gasteiger partial charge in [-0.3, -0.25) is 9.10 Å². The Hall–Kier alpha value is -2.34. The van der Waals surface area contributed by atoms with E-state index in [-0.39, 0.29) is 17.6 Å². The van der Waals surface area contributed by atoms with E-state index in [1.165, 1.54) is 9.87 Å². The summed E-state index contributed by atoms with van der Waals surface area (Å²) in [7, 11) is -3.24. The van der Waals surface area contributed by atoms with E-state index in [9.17, 15) is 13.2 Å². The van der Waals surface area contributed by atoms with Crippen LogP contribution in [0.4, 0.5) is 5.69 Å². The van der Waals surface area contributed by atoms with E-state index in [1.54, 1.807) is 24.3 Å². The van der Waals surface area contributed by atoms with Crippen LogP contribution in [0.3, 0.4) is 0 Å². The van der Waals surface area contributed by atoms with Gasteiger partial charge in [0.05, 0.1) is 11.4 Å². The number of hydrogen-bond donors (Lipinski definition) is 1. The van der Waals surface area contributed by atoms with Crippen LogP contribution >= 0.6 is 0 Å². The second kappa shape index (κ2) is 7.27. The van der Waals surface area contributed by atoms with Gasteiger partial charge in [0.15, 0.2) is 0 Å². The quantitative estimate of drug-likeness (QED) is 0.894. The predicted molar refractivity (Wildman–Crippen MR) is 99.4 cm³/mol. The summed E-state index contributed by atoms with van der Waals surface area (Å²) in [6.45, 7) is 3.05. The molecule has 1 aliphatic heterocycles. The minimum Gasteiger partial charge on any atom is -0.351 e. The molecule has 6 heteroatoms. The summed E-state index contributed by atoms with van der Waals surface area (Å²) in [6.07, 6.45) is 0.618. The van der Waals surface area contributed by atoms with E-state index in [2.05, 4.69) is 12.2 Å². The molecule has 5 nitrogen and oxygen atoms in total. The van der Waals surface area contributed by atoms with Crippen molar-refractivity contribution >= 4 is 21.6 Å². The maximum absolute atomic E-state index is 12.4. The average molecular weight is 358 g/mol. The number of nitrogens with zero attached hydrogens (tertiary/aromatic N) is 1. The molecule has 1 fully saturated rings. The van der Waals surface area contributed by atoms with Crippen molar-refractivity contribution in [2.24, 2.45) is 0 Å². The number of anilines is 1. The molecule has 1 heterocycles. The molecule has 2 aromatic carbocycles. The van der Waals surface area contributed by atoms with Crippen molar-refractivity contribution < 1.29 is 13.2 Å². The van der Waals surface area contributed by atoms with E-state index in [0.717, 1.165) is 0 Å².